The Bertz CT molecular complexity index is 315. The molecule has 1 aromatic heterocycles. The summed E-state index contributed by atoms with van der Waals surface area (Å²) in [6.45, 7) is 0. The predicted octanol–water partition coefficient (Wildman–Crippen LogP) is 2.72. The number of hydrogen-bond donors (Lipinski definition) is 0. The van der Waals surface area contributed by atoms with E-state index in [1.165, 1.54) is 0 Å². The van der Waals surface area contributed by atoms with E-state index < -0.39 is 28.0 Å². The first kappa shape index (κ1) is 10.3. The van der Waals surface area contributed by atoms with Gasteiger partial charge in [0, 0.05) is 0 Å². The van der Waals surface area contributed by atoms with E-state index in [1.807, 2.05) is 0 Å². The van der Waals surface area contributed by atoms with Crippen molar-refractivity contribution >= 4 is 29.0 Å². The SMILES string of the molecule is [NH]c1nc(C(F)(F)F)nc(Cl)c1Cl. The zero-order valence-electron chi connectivity index (χ0n) is 5.78. The molecule has 0 amide bonds. The van der Waals surface area contributed by atoms with Gasteiger partial charge in [-0.05, 0) is 0 Å². The summed E-state index contributed by atoms with van der Waals surface area (Å²) in [7, 11) is 0. The summed E-state index contributed by atoms with van der Waals surface area (Å²) in [5.41, 5.74) is 6.91. The first-order valence-corrected chi connectivity index (χ1v) is 3.60. The van der Waals surface area contributed by atoms with Crippen molar-refractivity contribution in [2.45, 2.75) is 6.18 Å². The fourth-order valence-electron chi connectivity index (χ4n) is 0.547. The van der Waals surface area contributed by atoms with Crippen molar-refractivity contribution in [1.82, 2.24) is 15.7 Å². The molecule has 1 radical (unpaired) electrons. The summed E-state index contributed by atoms with van der Waals surface area (Å²) >= 11 is 10.5. The van der Waals surface area contributed by atoms with Crippen LogP contribution in [0.2, 0.25) is 10.2 Å². The lowest BCUT2D eigenvalue weighted by molar-refractivity contribution is -0.144. The third kappa shape index (κ3) is 2.13. The third-order valence-corrected chi connectivity index (χ3v) is 1.79. The maximum atomic E-state index is 12.0. The van der Waals surface area contributed by atoms with Gasteiger partial charge in [0.15, 0.2) is 11.0 Å². The molecule has 0 aliphatic heterocycles. The van der Waals surface area contributed by atoms with E-state index in [4.69, 9.17) is 28.9 Å². The molecule has 1 rings (SSSR count). The van der Waals surface area contributed by atoms with Crippen LogP contribution in [0.25, 0.3) is 0 Å². The van der Waals surface area contributed by atoms with Gasteiger partial charge in [0.05, 0.1) is 0 Å². The Labute approximate surface area is 80.7 Å². The minimum Gasteiger partial charge on any atom is -0.281 e. The van der Waals surface area contributed by atoms with Gasteiger partial charge in [-0.3, -0.25) is 5.73 Å². The summed E-state index contributed by atoms with van der Waals surface area (Å²) in [5, 5.41) is -0.969. The molecule has 1 heterocycles. The molecule has 8 heteroatoms. The largest absolute Gasteiger partial charge is 0.451 e. The van der Waals surface area contributed by atoms with E-state index in [2.05, 4.69) is 9.97 Å². The molecule has 0 fully saturated rings. The molecule has 0 saturated heterocycles. The van der Waals surface area contributed by atoms with Crippen molar-refractivity contribution in [1.29, 1.82) is 0 Å². The Morgan fingerprint density at radius 1 is 1.15 bits per heavy atom. The zero-order chi connectivity index (χ0) is 10.2. The second-order valence-electron chi connectivity index (χ2n) is 2.00. The van der Waals surface area contributed by atoms with Gasteiger partial charge in [-0.1, -0.05) is 23.2 Å². The molecule has 1 N–H and O–H groups in total. The summed E-state index contributed by atoms with van der Waals surface area (Å²) in [6, 6.07) is 0. The van der Waals surface area contributed by atoms with Crippen molar-refractivity contribution in [2.24, 2.45) is 0 Å². The second-order valence-corrected chi connectivity index (χ2v) is 2.73. The van der Waals surface area contributed by atoms with Gasteiger partial charge in [0.1, 0.15) is 5.02 Å². The van der Waals surface area contributed by atoms with E-state index in [1.54, 1.807) is 0 Å². The molecule has 0 saturated carbocycles. The van der Waals surface area contributed by atoms with Crippen molar-refractivity contribution in [2.75, 3.05) is 0 Å². The highest BCUT2D eigenvalue weighted by Gasteiger charge is 2.35. The van der Waals surface area contributed by atoms with Crippen LogP contribution in [0.1, 0.15) is 5.82 Å². The highest BCUT2D eigenvalue weighted by Crippen LogP contribution is 2.32. The molecule has 71 valence electrons. The number of hydrogen-bond acceptors (Lipinski definition) is 2. The minimum atomic E-state index is -4.72. The molecule has 0 spiro atoms. The van der Waals surface area contributed by atoms with Crippen LogP contribution in [-0.4, -0.2) is 9.97 Å². The molecule has 0 atom stereocenters. The highest BCUT2D eigenvalue weighted by molar-refractivity contribution is 6.42. The van der Waals surface area contributed by atoms with Crippen LogP contribution in [0.4, 0.5) is 19.0 Å². The third-order valence-electron chi connectivity index (χ3n) is 1.06. The van der Waals surface area contributed by atoms with E-state index in [-0.39, 0.29) is 0 Å². The Hall–Kier alpha value is -0.750. The quantitative estimate of drug-likeness (QED) is 0.644. The van der Waals surface area contributed by atoms with Crippen LogP contribution in [0.15, 0.2) is 0 Å². The maximum absolute atomic E-state index is 12.0. The maximum Gasteiger partial charge on any atom is 0.451 e. The van der Waals surface area contributed by atoms with E-state index >= 15 is 0 Å². The Morgan fingerprint density at radius 3 is 2.08 bits per heavy atom. The van der Waals surface area contributed by atoms with Gasteiger partial charge in [0.2, 0.25) is 5.82 Å². The van der Waals surface area contributed by atoms with E-state index in [0.717, 1.165) is 0 Å². The van der Waals surface area contributed by atoms with Gasteiger partial charge in [-0.15, -0.1) is 0 Å². The molecule has 0 aliphatic carbocycles. The summed E-state index contributed by atoms with van der Waals surface area (Å²) in [4.78, 5) is 5.70. The van der Waals surface area contributed by atoms with Crippen LogP contribution in [0.5, 0.6) is 0 Å². The van der Waals surface area contributed by atoms with Crippen LogP contribution in [-0.2, 0) is 6.18 Å². The second kappa shape index (κ2) is 3.19. The van der Waals surface area contributed by atoms with Crippen LogP contribution in [0, 0.1) is 0 Å². The van der Waals surface area contributed by atoms with Gasteiger partial charge >= 0.3 is 6.18 Å². The normalized spacial score (nSPS) is 11.8. The molecule has 0 bridgehead atoms. The fraction of sp³-hybridized carbons (Fsp3) is 0.200. The molecule has 0 aliphatic rings. The first-order chi connectivity index (χ1) is 5.82. The standard InChI is InChI=1S/C5HCl2F3N3/c6-1-2(7)12-4(5(8,9)10)13-3(1)11/h11H. The van der Waals surface area contributed by atoms with Crippen molar-refractivity contribution in [3.8, 4) is 0 Å². The number of rotatable bonds is 0. The van der Waals surface area contributed by atoms with Gasteiger partial charge < -0.3 is 0 Å². The average Bonchev–Trinajstić information content (AvgIpc) is 1.97. The number of alkyl halides is 3. The number of aromatic nitrogens is 2. The Kier molecular flexibility index (Phi) is 2.53. The zero-order valence-corrected chi connectivity index (χ0v) is 7.30. The van der Waals surface area contributed by atoms with Crippen molar-refractivity contribution in [3.05, 3.63) is 16.0 Å². The van der Waals surface area contributed by atoms with E-state index in [9.17, 15) is 13.2 Å². The summed E-state index contributed by atoms with van der Waals surface area (Å²) < 4.78 is 35.9. The minimum absolute atomic E-state index is 0.394. The van der Waals surface area contributed by atoms with Gasteiger partial charge in [-0.2, -0.15) is 13.2 Å². The summed E-state index contributed by atoms with van der Waals surface area (Å²) in [5.74, 6) is -2.21. The number of nitrogens with zero attached hydrogens (tertiary/aromatic N) is 2. The van der Waals surface area contributed by atoms with Crippen molar-refractivity contribution in [3.63, 3.8) is 0 Å². The topological polar surface area (TPSA) is 49.6 Å². The molecular weight excluding hydrogens is 230 g/mol. The molecule has 1 aromatic rings. The monoisotopic (exact) mass is 230 g/mol. The molecule has 13 heavy (non-hydrogen) atoms. The molecule has 0 unspecified atom stereocenters. The Balaban J connectivity index is 3.29. The summed E-state index contributed by atoms with van der Waals surface area (Å²) in [6.07, 6.45) is -4.72. The lowest BCUT2D eigenvalue weighted by atomic mass is 10.5. The fourth-order valence-corrected chi connectivity index (χ4v) is 0.801. The van der Waals surface area contributed by atoms with E-state index in [0.29, 0.717) is 0 Å². The molecule has 0 aromatic carbocycles. The van der Waals surface area contributed by atoms with Crippen molar-refractivity contribution < 1.29 is 13.2 Å². The van der Waals surface area contributed by atoms with Crippen LogP contribution < -0.4 is 5.73 Å². The molecule has 3 nitrogen and oxygen atoms in total. The molecular formula is C5HCl2F3N3. The highest BCUT2D eigenvalue weighted by atomic mass is 35.5. The van der Waals surface area contributed by atoms with Gasteiger partial charge in [-0.25, -0.2) is 9.97 Å². The Morgan fingerprint density at radius 2 is 1.69 bits per heavy atom. The van der Waals surface area contributed by atoms with Crippen LogP contribution in [0.3, 0.4) is 0 Å². The average molecular weight is 231 g/mol. The smallest absolute Gasteiger partial charge is 0.281 e. The first-order valence-electron chi connectivity index (χ1n) is 2.84. The van der Waals surface area contributed by atoms with Gasteiger partial charge in [0.25, 0.3) is 0 Å². The lowest BCUT2D eigenvalue weighted by Crippen LogP contribution is -2.11. The van der Waals surface area contributed by atoms with Crippen LogP contribution >= 0.6 is 23.2 Å². The number of nitrogens with one attached hydrogen (secondary N) is 1. The predicted molar refractivity (Wildman–Crippen MR) is 39.8 cm³/mol. The number of halogens is 5. The lowest BCUT2D eigenvalue weighted by Gasteiger charge is -2.06.